The van der Waals surface area contributed by atoms with Crippen LogP contribution in [0.5, 0.6) is 11.5 Å². The summed E-state index contributed by atoms with van der Waals surface area (Å²) in [6.07, 6.45) is 1.60. The summed E-state index contributed by atoms with van der Waals surface area (Å²) in [5.41, 5.74) is 1.18. The number of hydrogen-bond donors (Lipinski definition) is 3. The van der Waals surface area contributed by atoms with E-state index in [0.717, 1.165) is 6.26 Å². The highest BCUT2D eigenvalue weighted by atomic mass is 16.6. The molecule has 1 aliphatic heterocycles. The fourth-order valence-electron chi connectivity index (χ4n) is 2.76. The highest BCUT2D eigenvalue weighted by Crippen LogP contribution is 2.33. The Labute approximate surface area is 156 Å². The van der Waals surface area contributed by atoms with Crippen LogP contribution >= 0.6 is 0 Å². The first-order chi connectivity index (χ1) is 12.9. The SMILES string of the molecule is C/C=C1/C(O)OC=C(C(=O)OC)[C@H]1CC(=O)OCCc1ccc(O)c(O)c1. The normalized spacial score (nSPS) is 20.6. The lowest BCUT2D eigenvalue weighted by molar-refractivity contribution is -0.145. The molecule has 0 spiro atoms. The largest absolute Gasteiger partial charge is 0.504 e. The van der Waals surface area contributed by atoms with Crippen molar-refractivity contribution in [3.8, 4) is 11.5 Å². The maximum absolute atomic E-state index is 12.2. The molecule has 1 aliphatic rings. The van der Waals surface area contributed by atoms with Gasteiger partial charge in [-0.2, -0.15) is 0 Å². The summed E-state index contributed by atoms with van der Waals surface area (Å²) >= 11 is 0. The number of phenolic OH excluding ortho intramolecular Hbond substituents is 2. The van der Waals surface area contributed by atoms with Gasteiger partial charge in [-0.1, -0.05) is 12.1 Å². The van der Waals surface area contributed by atoms with Crippen LogP contribution < -0.4 is 0 Å². The highest BCUT2D eigenvalue weighted by molar-refractivity contribution is 5.90. The van der Waals surface area contributed by atoms with Gasteiger partial charge in [-0.3, -0.25) is 4.79 Å². The predicted octanol–water partition coefficient (Wildman–Crippen LogP) is 1.54. The molecule has 0 aliphatic carbocycles. The van der Waals surface area contributed by atoms with E-state index < -0.39 is 24.1 Å². The van der Waals surface area contributed by atoms with E-state index in [4.69, 9.17) is 14.2 Å². The van der Waals surface area contributed by atoms with Crippen molar-refractivity contribution in [2.24, 2.45) is 5.92 Å². The maximum Gasteiger partial charge on any atom is 0.337 e. The Morgan fingerprint density at radius 2 is 2.00 bits per heavy atom. The number of ether oxygens (including phenoxy) is 3. The van der Waals surface area contributed by atoms with Gasteiger partial charge in [0.25, 0.3) is 0 Å². The van der Waals surface area contributed by atoms with Crippen LogP contribution in [0, 0.1) is 5.92 Å². The summed E-state index contributed by atoms with van der Waals surface area (Å²) in [6, 6.07) is 4.34. The van der Waals surface area contributed by atoms with Crippen LogP contribution in [0.4, 0.5) is 0 Å². The standard InChI is InChI=1S/C19H22O8/c1-3-12-13(14(18(23)25-2)10-27-19(12)24)9-17(22)26-7-6-11-4-5-15(20)16(21)8-11/h3-5,8,10,13,19-21,24H,6-7,9H2,1-2H3/b12-3+/t13-,19?/m0/s1. The number of carbonyl (C=O) groups is 2. The van der Waals surface area contributed by atoms with Crippen LogP contribution in [0.2, 0.25) is 0 Å². The van der Waals surface area contributed by atoms with Gasteiger partial charge in [-0.25, -0.2) is 4.79 Å². The zero-order valence-electron chi connectivity index (χ0n) is 15.0. The van der Waals surface area contributed by atoms with Gasteiger partial charge in [0.2, 0.25) is 6.29 Å². The van der Waals surface area contributed by atoms with Crippen LogP contribution in [-0.2, 0) is 30.2 Å². The van der Waals surface area contributed by atoms with Crippen molar-refractivity contribution in [2.75, 3.05) is 13.7 Å². The lowest BCUT2D eigenvalue weighted by atomic mass is 9.86. The van der Waals surface area contributed by atoms with E-state index in [1.165, 1.54) is 19.2 Å². The number of benzene rings is 1. The number of carbonyl (C=O) groups excluding carboxylic acids is 2. The number of aliphatic hydroxyl groups excluding tert-OH is 1. The molecule has 8 nitrogen and oxygen atoms in total. The van der Waals surface area contributed by atoms with Gasteiger partial charge < -0.3 is 29.5 Å². The van der Waals surface area contributed by atoms with Crippen molar-refractivity contribution in [1.29, 1.82) is 0 Å². The van der Waals surface area contributed by atoms with Crippen LogP contribution in [0.1, 0.15) is 18.9 Å². The highest BCUT2D eigenvalue weighted by Gasteiger charge is 2.35. The summed E-state index contributed by atoms with van der Waals surface area (Å²) in [5, 5.41) is 28.7. The first kappa shape index (κ1) is 20.3. The van der Waals surface area contributed by atoms with E-state index in [1.807, 2.05) is 0 Å². The molecular weight excluding hydrogens is 356 g/mol. The molecule has 0 radical (unpaired) electrons. The second-order valence-electron chi connectivity index (χ2n) is 5.89. The Hall–Kier alpha value is -3.00. The van der Waals surface area contributed by atoms with E-state index in [-0.39, 0.29) is 30.1 Å². The van der Waals surface area contributed by atoms with Crippen molar-refractivity contribution >= 4 is 11.9 Å². The molecule has 1 aromatic carbocycles. The molecule has 8 heteroatoms. The number of aliphatic hydroxyl groups is 1. The lowest BCUT2D eigenvalue weighted by Gasteiger charge is -2.28. The minimum Gasteiger partial charge on any atom is -0.504 e. The molecule has 0 bridgehead atoms. The van der Waals surface area contributed by atoms with Crippen molar-refractivity contribution in [1.82, 2.24) is 0 Å². The Morgan fingerprint density at radius 1 is 1.26 bits per heavy atom. The van der Waals surface area contributed by atoms with Crippen molar-refractivity contribution in [3.63, 3.8) is 0 Å². The third kappa shape index (κ3) is 5.01. The molecule has 2 atom stereocenters. The molecule has 0 fully saturated rings. The molecule has 1 heterocycles. The quantitative estimate of drug-likeness (QED) is 0.387. The van der Waals surface area contributed by atoms with Crippen molar-refractivity contribution in [2.45, 2.75) is 26.1 Å². The van der Waals surface area contributed by atoms with Gasteiger partial charge in [-0.05, 0) is 24.6 Å². The van der Waals surface area contributed by atoms with Crippen molar-refractivity contribution in [3.05, 3.63) is 47.2 Å². The fraction of sp³-hybridized carbons (Fsp3) is 0.368. The van der Waals surface area contributed by atoms with E-state index >= 15 is 0 Å². The monoisotopic (exact) mass is 378 g/mol. The van der Waals surface area contributed by atoms with Crippen molar-refractivity contribution < 1.29 is 39.1 Å². The van der Waals surface area contributed by atoms with Crippen LogP contribution in [0.25, 0.3) is 0 Å². The van der Waals surface area contributed by atoms with E-state index in [1.54, 1.807) is 19.1 Å². The zero-order valence-corrected chi connectivity index (χ0v) is 15.0. The summed E-state index contributed by atoms with van der Waals surface area (Å²) in [7, 11) is 1.21. The van der Waals surface area contributed by atoms with Gasteiger partial charge in [0.15, 0.2) is 11.5 Å². The maximum atomic E-state index is 12.2. The molecule has 2 rings (SSSR count). The smallest absolute Gasteiger partial charge is 0.337 e. The number of aromatic hydroxyl groups is 2. The third-order valence-electron chi connectivity index (χ3n) is 4.21. The van der Waals surface area contributed by atoms with E-state index in [2.05, 4.69) is 0 Å². The van der Waals surface area contributed by atoms with Gasteiger partial charge in [0.05, 0.1) is 32.0 Å². The lowest BCUT2D eigenvalue weighted by Crippen LogP contribution is -2.31. The number of methoxy groups -OCH3 is 1. The predicted molar refractivity (Wildman–Crippen MR) is 93.5 cm³/mol. The second kappa shape index (κ2) is 9.09. The first-order valence-electron chi connectivity index (χ1n) is 8.31. The van der Waals surface area contributed by atoms with Gasteiger partial charge in [0, 0.05) is 17.9 Å². The molecular formula is C19H22O8. The molecule has 0 aromatic heterocycles. The molecule has 0 saturated carbocycles. The minimum atomic E-state index is -1.25. The topological polar surface area (TPSA) is 123 Å². The average molecular weight is 378 g/mol. The molecule has 0 amide bonds. The fourth-order valence-corrected chi connectivity index (χ4v) is 2.76. The summed E-state index contributed by atoms with van der Waals surface area (Å²) in [6.45, 7) is 1.72. The average Bonchev–Trinajstić information content (AvgIpc) is 2.64. The minimum absolute atomic E-state index is 0.0528. The van der Waals surface area contributed by atoms with E-state index in [9.17, 15) is 24.9 Å². The van der Waals surface area contributed by atoms with Gasteiger partial charge in [0.1, 0.15) is 0 Å². The molecule has 0 saturated heterocycles. The molecule has 1 aromatic rings. The van der Waals surface area contributed by atoms with Crippen LogP contribution in [0.15, 0.2) is 41.7 Å². The van der Waals surface area contributed by atoms with Crippen LogP contribution in [-0.4, -0.2) is 47.3 Å². The number of rotatable bonds is 6. The van der Waals surface area contributed by atoms with Crippen LogP contribution in [0.3, 0.4) is 0 Å². The Bertz CT molecular complexity index is 765. The van der Waals surface area contributed by atoms with Gasteiger partial charge in [-0.15, -0.1) is 0 Å². The summed E-state index contributed by atoms with van der Waals surface area (Å²) in [5.74, 6) is -2.41. The number of allylic oxidation sites excluding steroid dienone is 1. The second-order valence-corrected chi connectivity index (χ2v) is 5.89. The third-order valence-corrected chi connectivity index (χ3v) is 4.21. The molecule has 3 N–H and O–H groups in total. The Kier molecular flexibility index (Phi) is 6.84. The first-order valence-corrected chi connectivity index (χ1v) is 8.31. The molecule has 27 heavy (non-hydrogen) atoms. The molecule has 1 unspecified atom stereocenters. The number of phenols is 2. The molecule has 146 valence electrons. The number of esters is 2. The Balaban J connectivity index is 1.99. The summed E-state index contributed by atoms with van der Waals surface area (Å²) in [4.78, 5) is 24.1. The van der Waals surface area contributed by atoms with E-state index in [0.29, 0.717) is 17.6 Å². The van der Waals surface area contributed by atoms with Gasteiger partial charge >= 0.3 is 11.9 Å². The summed E-state index contributed by atoms with van der Waals surface area (Å²) < 4.78 is 14.9. The number of hydrogen-bond acceptors (Lipinski definition) is 8. The zero-order chi connectivity index (χ0) is 20.0. The Morgan fingerprint density at radius 3 is 2.63 bits per heavy atom.